The lowest BCUT2D eigenvalue weighted by Gasteiger charge is -2.15. The maximum atomic E-state index is 13.1. The van der Waals surface area contributed by atoms with Crippen LogP contribution in [0.1, 0.15) is 37.3 Å². The van der Waals surface area contributed by atoms with E-state index in [1.54, 1.807) is 10.6 Å². The summed E-state index contributed by atoms with van der Waals surface area (Å²) in [5.74, 6) is 0.607. The van der Waals surface area contributed by atoms with Crippen LogP contribution in [-0.2, 0) is 4.79 Å². The third kappa shape index (κ3) is 4.48. The standard InChI is InChI=1S/C21H25N3O3S2/c1-6-27-16-10-8-7-9-15(16)22-17(25)11-28-21-23-19-18(13(4)14(5)29-19)20(26)24(21)12(2)3/h7-10,12H,6,11H2,1-5H3,(H,22,25). The second kappa shape index (κ2) is 9.00. The zero-order valence-electron chi connectivity index (χ0n) is 17.2. The smallest absolute Gasteiger partial charge is 0.263 e. The molecule has 6 nitrogen and oxygen atoms in total. The van der Waals surface area contributed by atoms with Crippen molar-refractivity contribution in [1.29, 1.82) is 0 Å². The highest BCUT2D eigenvalue weighted by Crippen LogP contribution is 2.30. The van der Waals surface area contributed by atoms with Gasteiger partial charge >= 0.3 is 0 Å². The van der Waals surface area contributed by atoms with E-state index >= 15 is 0 Å². The van der Waals surface area contributed by atoms with Crippen LogP contribution >= 0.6 is 23.1 Å². The first-order chi connectivity index (χ1) is 13.8. The van der Waals surface area contributed by atoms with Crippen molar-refractivity contribution in [3.63, 3.8) is 0 Å². The van der Waals surface area contributed by atoms with Crippen molar-refractivity contribution in [2.75, 3.05) is 17.7 Å². The SMILES string of the molecule is CCOc1ccccc1NC(=O)CSc1nc2sc(C)c(C)c2c(=O)n1C(C)C. The van der Waals surface area contributed by atoms with Crippen LogP contribution in [0.15, 0.2) is 34.2 Å². The first-order valence-electron chi connectivity index (χ1n) is 9.50. The topological polar surface area (TPSA) is 73.2 Å². The number of ether oxygens (including phenoxy) is 1. The number of anilines is 1. The molecule has 1 aromatic carbocycles. The number of amides is 1. The molecular weight excluding hydrogens is 406 g/mol. The molecule has 0 spiro atoms. The van der Waals surface area contributed by atoms with E-state index in [-0.39, 0.29) is 23.3 Å². The Morgan fingerprint density at radius 2 is 2.03 bits per heavy atom. The number of hydrogen-bond acceptors (Lipinski definition) is 6. The van der Waals surface area contributed by atoms with Gasteiger partial charge in [0.2, 0.25) is 5.91 Å². The Morgan fingerprint density at radius 1 is 1.31 bits per heavy atom. The number of aryl methyl sites for hydroxylation is 2. The number of para-hydroxylation sites is 2. The van der Waals surface area contributed by atoms with Crippen molar-refractivity contribution in [1.82, 2.24) is 9.55 Å². The molecule has 0 aliphatic carbocycles. The van der Waals surface area contributed by atoms with E-state index in [1.165, 1.54) is 23.1 Å². The first-order valence-corrected chi connectivity index (χ1v) is 11.3. The quantitative estimate of drug-likeness (QED) is 0.430. The van der Waals surface area contributed by atoms with E-state index in [1.807, 2.05) is 52.8 Å². The molecule has 0 fully saturated rings. The Morgan fingerprint density at radius 3 is 2.72 bits per heavy atom. The summed E-state index contributed by atoms with van der Waals surface area (Å²) in [5.41, 5.74) is 1.57. The molecule has 2 heterocycles. The number of nitrogens with one attached hydrogen (secondary N) is 1. The highest BCUT2D eigenvalue weighted by Gasteiger charge is 2.19. The summed E-state index contributed by atoms with van der Waals surface area (Å²) in [6.45, 7) is 10.3. The Hall–Kier alpha value is -2.32. The molecule has 2 aromatic heterocycles. The van der Waals surface area contributed by atoms with E-state index in [4.69, 9.17) is 9.72 Å². The molecule has 0 unspecified atom stereocenters. The lowest BCUT2D eigenvalue weighted by atomic mass is 10.2. The van der Waals surface area contributed by atoms with Gasteiger partial charge in [0.15, 0.2) is 5.16 Å². The van der Waals surface area contributed by atoms with Crippen LogP contribution in [-0.4, -0.2) is 27.8 Å². The fourth-order valence-electron chi connectivity index (χ4n) is 3.01. The number of fused-ring (bicyclic) bond motifs is 1. The van der Waals surface area contributed by atoms with Crippen molar-refractivity contribution in [2.24, 2.45) is 0 Å². The van der Waals surface area contributed by atoms with Crippen LogP contribution in [0.2, 0.25) is 0 Å². The van der Waals surface area contributed by atoms with E-state index in [9.17, 15) is 9.59 Å². The average Bonchev–Trinajstić information content (AvgIpc) is 2.95. The molecular formula is C21H25N3O3S2. The summed E-state index contributed by atoms with van der Waals surface area (Å²) in [4.78, 5) is 32.1. The van der Waals surface area contributed by atoms with Gasteiger partial charge in [-0.05, 0) is 52.3 Å². The minimum Gasteiger partial charge on any atom is -0.492 e. The van der Waals surface area contributed by atoms with Gasteiger partial charge in [0.25, 0.3) is 5.56 Å². The maximum absolute atomic E-state index is 13.1. The first kappa shape index (κ1) is 21.4. The number of carbonyl (C=O) groups is 1. The second-order valence-electron chi connectivity index (χ2n) is 6.89. The zero-order chi connectivity index (χ0) is 21.1. The summed E-state index contributed by atoms with van der Waals surface area (Å²) in [5, 5.41) is 4.13. The van der Waals surface area contributed by atoms with Gasteiger partial charge < -0.3 is 10.1 Å². The molecule has 8 heteroatoms. The van der Waals surface area contributed by atoms with Gasteiger partial charge in [0, 0.05) is 10.9 Å². The van der Waals surface area contributed by atoms with Crippen LogP contribution in [0.5, 0.6) is 5.75 Å². The predicted octanol–water partition coefficient (Wildman–Crippen LogP) is 4.79. The minimum atomic E-state index is -0.176. The molecule has 154 valence electrons. The van der Waals surface area contributed by atoms with Crippen molar-refractivity contribution in [3.8, 4) is 5.75 Å². The molecule has 1 amide bonds. The normalized spacial score (nSPS) is 11.2. The van der Waals surface area contributed by atoms with Gasteiger partial charge in [0.05, 0.1) is 23.4 Å². The van der Waals surface area contributed by atoms with Gasteiger partial charge in [0.1, 0.15) is 10.6 Å². The van der Waals surface area contributed by atoms with Crippen LogP contribution in [0.25, 0.3) is 10.2 Å². The summed E-state index contributed by atoms with van der Waals surface area (Å²) in [7, 11) is 0. The highest BCUT2D eigenvalue weighted by atomic mass is 32.2. The van der Waals surface area contributed by atoms with E-state index < -0.39 is 0 Å². The minimum absolute atomic E-state index is 0.0450. The number of thioether (sulfide) groups is 1. The van der Waals surface area contributed by atoms with Gasteiger partial charge in [-0.25, -0.2) is 4.98 Å². The molecule has 1 N–H and O–H groups in total. The summed E-state index contributed by atoms with van der Waals surface area (Å²) in [6, 6.07) is 7.28. The van der Waals surface area contributed by atoms with Gasteiger partial charge in [-0.2, -0.15) is 0 Å². The number of rotatable bonds is 7. The zero-order valence-corrected chi connectivity index (χ0v) is 18.9. The molecule has 3 rings (SSSR count). The van der Waals surface area contributed by atoms with E-state index in [0.717, 1.165) is 15.3 Å². The van der Waals surface area contributed by atoms with Crippen molar-refractivity contribution in [2.45, 2.75) is 45.8 Å². The molecule has 0 aliphatic heterocycles. The lowest BCUT2D eigenvalue weighted by Crippen LogP contribution is -2.25. The van der Waals surface area contributed by atoms with Crippen LogP contribution in [0.3, 0.4) is 0 Å². The summed E-state index contributed by atoms with van der Waals surface area (Å²) in [6.07, 6.45) is 0. The van der Waals surface area contributed by atoms with Crippen LogP contribution in [0.4, 0.5) is 5.69 Å². The number of hydrogen-bond donors (Lipinski definition) is 1. The molecule has 0 saturated carbocycles. The molecule has 0 saturated heterocycles. The molecule has 0 bridgehead atoms. The van der Waals surface area contributed by atoms with Crippen molar-refractivity contribution >= 4 is 44.9 Å². The Balaban J connectivity index is 1.84. The van der Waals surface area contributed by atoms with Crippen molar-refractivity contribution < 1.29 is 9.53 Å². The average molecular weight is 432 g/mol. The number of benzene rings is 1. The largest absolute Gasteiger partial charge is 0.492 e. The Bertz CT molecular complexity index is 1100. The van der Waals surface area contributed by atoms with E-state index in [2.05, 4.69) is 5.32 Å². The van der Waals surface area contributed by atoms with Crippen LogP contribution in [0, 0.1) is 13.8 Å². The fraction of sp³-hybridized carbons (Fsp3) is 0.381. The molecule has 29 heavy (non-hydrogen) atoms. The molecule has 0 aliphatic rings. The third-order valence-corrected chi connectivity index (χ3v) is 6.57. The number of thiophene rings is 1. The molecule has 0 atom stereocenters. The maximum Gasteiger partial charge on any atom is 0.263 e. The number of nitrogens with zero attached hydrogens (tertiary/aromatic N) is 2. The highest BCUT2D eigenvalue weighted by molar-refractivity contribution is 7.99. The van der Waals surface area contributed by atoms with E-state index in [0.29, 0.717) is 28.6 Å². The lowest BCUT2D eigenvalue weighted by molar-refractivity contribution is -0.113. The number of aromatic nitrogens is 2. The molecule has 0 radical (unpaired) electrons. The Labute approximate surface area is 178 Å². The predicted molar refractivity (Wildman–Crippen MR) is 121 cm³/mol. The monoisotopic (exact) mass is 431 g/mol. The third-order valence-electron chi connectivity index (χ3n) is 4.51. The Kier molecular flexibility index (Phi) is 6.64. The van der Waals surface area contributed by atoms with Gasteiger partial charge in [-0.15, -0.1) is 11.3 Å². The number of carbonyl (C=O) groups excluding carboxylic acids is 1. The summed E-state index contributed by atoms with van der Waals surface area (Å²) >= 11 is 2.79. The van der Waals surface area contributed by atoms with Crippen LogP contribution < -0.4 is 15.6 Å². The van der Waals surface area contributed by atoms with Gasteiger partial charge in [-0.3, -0.25) is 14.2 Å². The molecule has 3 aromatic rings. The fourth-order valence-corrected chi connectivity index (χ4v) is 5.01. The second-order valence-corrected chi connectivity index (χ2v) is 9.04. The summed E-state index contributed by atoms with van der Waals surface area (Å²) < 4.78 is 7.22. The van der Waals surface area contributed by atoms with Crippen molar-refractivity contribution in [3.05, 3.63) is 45.1 Å². The van der Waals surface area contributed by atoms with Gasteiger partial charge in [-0.1, -0.05) is 23.9 Å².